The standard InChI is InChI=1S/C18H25FN2O4/c1-24-15-7-5-12(10-13(15)19)11-18(23)21-9-3-4-16(25-2)14(21)6-8-17(20)22/h5,7,10,14,16H,3-4,6,8-9,11H2,1-2H3,(H2,20,22)/t14-,16-/m0/s1. The molecule has 1 aromatic carbocycles. The van der Waals surface area contributed by atoms with E-state index in [9.17, 15) is 14.0 Å². The van der Waals surface area contributed by atoms with Gasteiger partial charge in [-0.25, -0.2) is 4.39 Å². The molecule has 1 heterocycles. The number of nitrogens with two attached hydrogens (primary N) is 1. The van der Waals surface area contributed by atoms with Crippen LogP contribution in [0.2, 0.25) is 0 Å². The summed E-state index contributed by atoms with van der Waals surface area (Å²) in [5.74, 6) is -0.856. The Hall–Kier alpha value is -2.15. The lowest BCUT2D eigenvalue weighted by Crippen LogP contribution is -2.52. The molecule has 1 aliphatic heterocycles. The molecule has 1 aromatic rings. The van der Waals surface area contributed by atoms with E-state index in [1.807, 2.05) is 0 Å². The second-order valence-electron chi connectivity index (χ2n) is 6.22. The second-order valence-corrected chi connectivity index (χ2v) is 6.22. The maximum absolute atomic E-state index is 13.8. The van der Waals surface area contributed by atoms with E-state index >= 15 is 0 Å². The maximum atomic E-state index is 13.8. The molecule has 7 heteroatoms. The third kappa shape index (κ3) is 4.92. The van der Waals surface area contributed by atoms with Gasteiger partial charge in [-0.3, -0.25) is 9.59 Å². The van der Waals surface area contributed by atoms with Gasteiger partial charge in [0.2, 0.25) is 11.8 Å². The zero-order valence-corrected chi connectivity index (χ0v) is 14.7. The van der Waals surface area contributed by atoms with Gasteiger partial charge in [-0.2, -0.15) is 0 Å². The minimum absolute atomic E-state index is 0.0877. The van der Waals surface area contributed by atoms with E-state index in [1.165, 1.54) is 19.2 Å². The number of piperidine rings is 1. The first kappa shape index (κ1) is 19.2. The molecule has 0 saturated carbocycles. The SMILES string of the molecule is COc1ccc(CC(=O)N2CCC[C@H](OC)[C@@H]2CCC(N)=O)cc1F. The minimum atomic E-state index is -0.494. The molecule has 0 unspecified atom stereocenters. The van der Waals surface area contributed by atoms with Gasteiger partial charge in [-0.1, -0.05) is 6.07 Å². The molecule has 2 rings (SSSR count). The van der Waals surface area contributed by atoms with Crippen LogP contribution in [0.25, 0.3) is 0 Å². The lowest BCUT2D eigenvalue weighted by molar-refractivity contribution is -0.140. The summed E-state index contributed by atoms with van der Waals surface area (Å²) in [4.78, 5) is 25.6. The smallest absolute Gasteiger partial charge is 0.227 e. The molecule has 138 valence electrons. The number of halogens is 1. The van der Waals surface area contributed by atoms with Gasteiger partial charge in [-0.15, -0.1) is 0 Å². The number of hydrogen-bond acceptors (Lipinski definition) is 4. The van der Waals surface area contributed by atoms with Gasteiger partial charge in [-0.05, 0) is 37.0 Å². The van der Waals surface area contributed by atoms with Crippen LogP contribution < -0.4 is 10.5 Å². The predicted molar refractivity (Wildman–Crippen MR) is 90.6 cm³/mol. The fourth-order valence-electron chi connectivity index (χ4n) is 3.33. The number of amides is 2. The number of hydrogen-bond donors (Lipinski definition) is 1. The summed E-state index contributed by atoms with van der Waals surface area (Å²) in [7, 11) is 3.00. The molecule has 0 bridgehead atoms. The third-order valence-corrected chi connectivity index (χ3v) is 4.60. The number of nitrogens with zero attached hydrogens (tertiary/aromatic N) is 1. The lowest BCUT2D eigenvalue weighted by Gasteiger charge is -2.40. The van der Waals surface area contributed by atoms with E-state index < -0.39 is 11.7 Å². The van der Waals surface area contributed by atoms with Crippen molar-refractivity contribution in [2.45, 2.75) is 44.2 Å². The number of likely N-dealkylation sites (tertiary alicyclic amines) is 1. The van der Waals surface area contributed by atoms with Crippen molar-refractivity contribution in [2.75, 3.05) is 20.8 Å². The molecule has 2 N–H and O–H groups in total. The highest BCUT2D eigenvalue weighted by Crippen LogP contribution is 2.25. The lowest BCUT2D eigenvalue weighted by atomic mass is 9.93. The van der Waals surface area contributed by atoms with E-state index in [4.69, 9.17) is 15.2 Å². The van der Waals surface area contributed by atoms with Gasteiger partial charge in [0, 0.05) is 20.1 Å². The summed E-state index contributed by atoms with van der Waals surface area (Å²) >= 11 is 0. The van der Waals surface area contributed by atoms with E-state index in [0.717, 1.165) is 12.8 Å². The first-order valence-corrected chi connectivity index (χ1v) is 8.39. The van der Waals surface area contributed by atoms with Crippen LogP contribution in [0.5, 0.6) is 5.75 Å². The van der Waals surface area contributed by atoms with Gasteiger partial charge in [0.1, 0.15) is 0 Å². The molecule has 1 fully saturated rings. The Labute approximate surface area is 147 Å². The van der Waals surface area contributed by atoms with Gasteiger partial charge in [0.05, 0.1) is 25.7 Å². The molecule has 1 aliphatic rings. The second kappa shape index (κ2) is 8.80. The van der Waals surface area contributed by atoms with Crippen molar-refractivity contribution in [1.82, 2.24) is 4.90 Å². The molecule has 1 saturated heterocycles. The maximum Gasteiger partial charge on any atom is 0.227 e. The number of ether oxygens (including phenoxy) is 2. The third-order valence-electron chi connectivity index (χ3n) is 4.60. The molecule has 0 spiro atoms. The molecule has 2 amide bonds. The van der Waals surface area contributed by atoms with Crippen molar-refractivity contribution >= 4 is 11.8 Å². The van der Waals surface area contributed by atoms with Gasteiger partial charge in [0.15, 0.2) is 11.6 Å². The number of benzene rings is 1. The fourth-order valence-corrected chi connectivity index (χ4v) is 3.33. The first-order chi connectivity index (χ1) is 12.0. The van der Waals surface area contributed by atoms with Crippen LogP contribution in [-0.2, 0) is 20.7 Å². The number of carbonyl (C=O) groups excluding carboxylic acids is 2. The number of rotatable bonds is 7. The van der Waals surface area contributed by atoms with Gasteiger partial charge in [0.25, 0.3) is 0 Å². The van der Waals surface area contributed by atoms with Crippen LogP contribution in [0, 0.1) is 5.82 Å². The Bertz CT molecular complexity index is 623. The highest BCUT2D eigenvalue weighted by atomic mass is 19.1. The van der Waals surface area contributed by atoms with Crippen LogP contribution in [0.4, 0.5) is 4.39 Å². The van der Waals surface area contributed by atoms with Crippen LogP contribution in [0.1, 0.15) is 31.2 Å². The first-order valence-electron chi connectivity index (χ1n) is 8.39. The predicted octanol–water partition coefficient (Wildman–Crippen LogP) is 1.65. The Kier molecular flexibility index (Phi) is 6.75. The van der Waals surface area contributed by atoms with E-state index in [-0.39, 0.29) is 36.6 Å². The van der Waals surface area contributed by atoms with Crippen molar-refractivity contribution in [3.8, 4) is 5.75 Å². The van der Waals surface area contributed by atoms with Gasteiger partial charge < -0.3 is 20.1 Å². The summed E-state index contributed by atoms with van der Waals surface area (Å²) in [5.41, 5.74) is 5.83. The average molecular weight is 352 g/mol. The number of primary amides is 1. The normalized spacial score (nSPS) is 20.4. The van der Waals surface area contributed by atoms with Crippen LogP contribution in [-0.4, -0.2) is 49.6 Å². The zero-order chi connectivity index (χ0) is 18.4. The van der Waals surface area contributed by atoms with Crippen molar-refractivity contribution in [1.29, 1.82) is 0 Å². The number of methoxy groups -OCH3 is 2. The largest absolute Gasteiger partial charge is 0.494 e. The highest BCUT2D eigenvalue weighted by Gasteiger charge is 2.34. The highest BCUT2D eigenvalue weighted by molar-refractivity contribution is 5.79. The molecule has 0 aliphatic carbocycles. The summed E-state index contributed by atoms with van der Waals surface area (Å²) in [6.07, 6.45) is 2.30. The molecule has 0 aromatic heterocycles. The van der Waals surface area contributed by atoms with E-state index in [1.54, 1.807) is 18.1 Å². The van der Waals surface area contributed by atoms with Crippen LogP contribution in [0.15, 0.2) is 18.2 Å². The molecule has 2 atom stereocenters. The van der Waals surface area contributed by atoms with E-state index in [2.05, 4.69) is 0 Å². The average Bonchev–Trinajstić information content (AvgIpc) is 2.59. The van der Waals surface area contributed by atoms with Crippen LogP contribution in [0.3, 0.4) is 0 Å². The Balaban J connectivity index is 2.11. The number of carbonyl (C=O) groups is 2. The molecule has 25 heavy (non-hydrogen) atoms. The van der Waals surface area contributed by atoms with Crippen molar-refractivity contribution < 1.29 is 23.5 Å². The van der Waals surface area contributed by atoms with Crippen molar-refractivity contribution in [2.24, 2.45) is 5.73 Å². The molecular weight excluding hydrogens is 327 g/mol. The van der Waals surface area contributed by atoms with E-state index in [0.29, 0.717) is 18.5 Å². The van der Waals surface area contributed by atoms with Crippen molar-refractivity contribution in [3.05, 3.63) is 29.6 Å². The Morgan fingerprint density at radius 1 is 1.36 bits per heavy atom. The zero-order valence-electron chi connectivity index (χ0n) is 14.7. The molecule has 6 nitrogen and oxygen atoms in total. The Morgan fingerprint density at radius 3 is 2.72 bits per heavy atom. The topological polar surface area (TPSA) is 81.9 Å². The monoisotopic (exact) mass is 352 g/mol. The van der Waals surface area contributed by atoms with Crippen LogP contribution >= 0.6 is 0 Å². The van der Waals surface area contributed by atoms with Crippen molar-refractivity contribution in [3.63, 3.8) is 0 Å². The summed E-state index contributed by atoms with van der Waals surface area (Å²) in [6.45, 7) is 0.598. The quantitative estimate of drug-likeness (QED) is 0.809. The summed E-state index contributed by atoms with van der Waals surface area (Å²) < 4.78 is 24.2. The minimum Gasteiger partial charge on any atom is -0.494 e. The summed E-state index contributed by atoms with van der Waals surface area (Å²) in [5, 5.41) is 0. The van der Waals surface area contributed by atoms with Gasteiger partial charge >= 0.3 is 0 Å². The Morgan fingerprint density at radius 2 is 2.12 bits per heavy atom. The summed E-state index contributed by atoms with van der Waals surface area (Å²) in [6, 6.07) is 4.31. The molecule has 0 radical (unpaired) electrons. The molecular formula is C18H25FN2O4. The fraction of sp³-hybridized carbons (Fsp3) is 0.556.